The number of carbonyl (C=O) groups excluding carboxylic acids is 3. The van der Waals surface area contributed by atoms with Crippen molar-refractivity contribution >= 4 is 17.8 Å². The van der Waals surface area contributed by atoms with Gasteiger partial charge in [-0.15, -0.1) is 0 Å². The molecule has 55 heavy (non-hydrogen) atoms. The topological polar surface area (TPSA) is 123 Å². The second kappa shape index (κ2) is 18.9. The monoisotopic (exact) mass is 740 g/mol. The second-order valence-electron chi connectivity index (χ2n) is 14.0. The third-order valence-corrected chi connectivity index (χ3v) is 9.76. The molecular formula is C46H48N2O7. The minimum Gasteiger partial charge on any atom is -0.489 e. The third-order valence-electron chi connectivity index (χ3n) is 9.76. The first-order valence-corrected chi connectivity index (χ1v) is 18.8. The van der Waals surface area contributed by atoms with E-state index in [4.69, 9.17) is 14.2 Å². The summed E-state index contributed by atoms with van der Waals surface area (Å²) in [6.45, 7) is 4.26. The Kier molecular flexibility index (Phi) is 13.3. The van der Waals surface area contributed by atoms with Crippen LogP contribution in [0, 0.1) is 5.92 Å². The van der Waals surface area contributed by atoms with Crippen molar-refractivity contribution < 1.29 is 33.7 Å². The number of rotatable bonds is 12. The van der Waals surface area contributed by atoms with Crippen LogP contribution < -0.4 is 20.1 Å². The number of nitrogens with one attached hydrogen (secondary N) is 2. The Balaban J connectivity index is 1.40. The molecule has 3 N–H and O–H groups in total. The van der Waals surface area contributed by atoms with E-state index in [1.54, 1.807) is 13.8 Å². The van der Waals surface area contributed by atoms with Gasteiger partial charge in [-0.2, -0.15) is 0 Å². The standard InChI is InChI=1S/C46H48N2O7/c1-3-39(49)27-40-45(51)48-41(46(52)55-30-34-17-11-6-12-18-34)26-38-25-36(20-22-43(38)54-29-33-15-9-5-10-16-33)35-19-21-42(53-28-32-13-7-4-8-14-32)37(24-35)23-31(2)44(50)47-40/h4-22,24-25,31,39-41,49H,3,23,26-30H2,1-2H3,(H,47,50)(H,48,51)/t31-,39-,40-,41-/m0/s1. The molecule has 4 atom stereocenters. The van der Waals surface area contributed by atoms with E-state index in [1.807, 2.05) is 127 Å². The lowest BCUT2D eigenvalue weighted by Crippen LogP contribution is -2.54. The summed E-state index contributed by atoms with van der Waals surface area (Å²) in [5.41, 5.74) is 6.03. The Morgan fingerprint density at radius 2 is 1.16 bits per heavy atom. The lowest BCUT2D eigenvalue weighted by molar-refractivity contribution is -0.149. The summed E-state index contributed by atoms with van der Waals surface area (Å²) in [5.74, 6) is -0.966. The molecule has 0 radical (unpaired) electrons. The van der Waals surface area contributed by atoms with Gasteiger partial charge < -0.3 is 30.0 Å². The first-order valence-electron chi connectivity index (χ1n) is 18.8. The van der Waals surface area contributed by atoms with Crippen LogP contribution >= 0.6 is 0 Å². The van der Waals surface area contributed by atoms with Crippen LogP contribution in [0.3, 0.4) is 0 Å². The Bertz CT molecular complexity index is 2040. The van der Waals surface area contributed by atoms with Gasteiger partial charge in [0, 0.05) is 18.8 Å². The van der Waals surface area contributed by atoms with E-state index < -0.39 is 36.0 Å². The van der Waals surface area contributed by atoms with Crippen LogP contribution in [-0.4, -0.2) is 41.1 Å². The molecule has 1 aliphatic heterocycles. The average Bonchev–Trinajstić information content (AvgIpc) is 3.22. The van der Waals surface area contributed by atoms with Gasteiger partial charge in [-0.05, 0) is 76.1 Å². The van der Waals surface area contributed by atoms with Gasteiger partial charge in [-0.3, -0.25) is 9.59 Å². The van der Waals surface area contributed by atoms with Crippen molar-refractivity contribution in [1.82, 2.24) is 10.6 Å². The number of esters is 1. The molecule has 0 aromatic heterocycles. The fourth-order valence-electron chi connectivity index (χ4n) is 6.51. The van der Waals surface area contributed by atoms with E-state index in [0.29, 0.717) is 43.1 Å². The molecule has 284 valence electrons. The quantitative estimate of drug-likeness (QED) is 0.117. The zero-order valence-corrected chi connectivity index (χ0v) is 31.3. The van der Waals surface area contributed by atoms with Crippen molar-refractivity contribution in [3.8, 4) is 22.6 Å². The molecule has 9 heteroatoms. The van der Waals surface area contributed by atoms with Crippen LogP contribution in [0.4, 0.5) is 0 Å². The highest BCUT2D eigenvalue weighted by atomic mass is 16.5. The molecule has 1 aliphatic rings. The first-order chi connectivity index (χ1) is 26.7. The normalized spacial score (nSPS) is 17.8. The van der Waals surface area contributed by atoms with E-state index in [1.165, 1.54) is 0 Å². The summed E-state index contributed by atoms with van der Waals surface area (Å²) >= 11 is 0. The van der Waals surface area contributed by atoms with Gasteiger partial charge in [0.2, 0.25) is 11.8 Å². The molecule has 1 heterocycles. The number of ether oxygens (including phenoxy) is 3. The van der Waals surface area contributed by atoms with Gasteiger partial charge in [-0.25, -0.2) is 4.79 Å². The molecule has 5 aromatic carbocycles. The molecule has 0 spiro atoms. The van der Waals surface area contributed by atoms with Crippen molar-refractivity contribution in [3.05, 3.63) is 155 Å². The molecule has 0 fully saturated rings. The van der Waals surface area contributed by atoms with E-state index in [2.05, 4.69) is 10.6 Å². The highest BCUT2D eigenvalue weighted by molar-refractivity contribution is 5.91. The summed E-state index contributed by atoms with van der Waals surface area (Å²) in [4.78, 5) is 41.8. The van der Waals surface area contributed by atoms with Crippen molar-refractivity contribution in [2.24, 2.45) is 5.92 Å². The summed E-state index contributed by atoms with van der Waals surface area (Å²) in [6.07, 6.45) is -0.152. The fraction of sp³-hybridized carbons (Fsp3) is 0.283. The fourth-order valence-corrected chi connectivity index (χ4v) is 6.51. The van der Waals surface area contributed by atoms with Crippen LogP contribution in [0.2, 0.25) is 0 Å². The largest absolute Gasteiger partial charge is 0.489 e. The maximum Gasteiger partial charge on any atom is 0.329 e. The summed E-state index contributed by atoms with van der Waals surface area (Å²) in [6, 6.07) is 38.4. The minimum atomic E-state index is -1.14. The smallest absolute Gasteiger partial charge is 0.329 e. The Labute approximate surface area is 322 Å². The molecular weight excluding hydrogens is 693 g/mol. The highest BCUT2D eigenvalue weighted by Crippen LogP contribution is 2.33. The van der Waals surface area contributed by atoms with Crippen LogP contribution in [0.5, 0.6) is 11.5 Å². The summed E-state index contributed by atoms with van der Waals surface area (Å²) in [5, 5.41) is 16.4. The number of carbonyl (C=O) groups is 3. The Morgan fingerprint density at radius 3 is 1.67 bits per heavy atom. The van der Waals surface area contributed by atoms with Crippen molar-refractivity contribution in [2.75, 3.05) is 0 Å². The van der Waals surface area contributed by atoms with Gasteiger partial charge in [-0.1, -0.05) is 117 Å². The maximum absolute atomic E-state index is 14.1. The second-order valence-corrected chi connectivity index (χ2v) is 14.0. The predicted molar refractivity (Wildman–Crippen MR) is 211 cm³/mol. The van der Waals surface area contributed by atoms with Gasteiger partial charge in [0.05, 0.1) is 6.10 Å². The number of aliphatic hydroxyl groups excluding tert-OH is 1. The van der Waals surface area contributed by atoms with E-state index in [-0.39, 0.29) is 25.4 Å². The number of aliphatic hydroxyl groups is 1. The third kappa shape index (κ3) is 10.8. The highest BCUT2D eigenvalue weighted by Gasteiger charge is 2.32. The van der Waals surface area contributed by atoms with Crippen molar-refractivity contribution in [1.29, 1.82) is 0 Å². The van der Waals surface area contributed by atoms with Gasteiger partial charge in [0.1, 0.15) is 43.4 Å². The first kappa shape index (κ1) is 38.8. The lowest BCUT2D eigenvalue weighted by atomic mass is 9.94. The number of amides is 2. The van der Waals surface area contributed by atoms with Crippen LogP contribution in [0.15, 0.2) is 127 Å². The average molecular weight is 741 g/mol. The molecule has 9 nitrogen and oxygen atoms in total. The number of benzene rings is 5. The number of hydrogen-bond acceptors (Lipinski definition) is 7. The van der Waals surface area contributed by atoms with Crippen LogP contribution in [0.1, 0.15) is 54.5 Å². The minimum absolute atomic E-state index is 0.0111. The van der Waals surface area contributed by atoms with Crippen molar-refractivity contribution in [2.45, 2.75) is 77.5 Å². The van der Waals surface area contributed by atoms with E-state index in [0.717, 1.165) is 33.4 Å². The Hall–Kier alpha value is -5.93. The Morgan fingerprint density at radius 1 is 0.673 bits per heavy atom. The lowest BCUT2D eigenvalue weighted by Gasteiger charge is -2.25. The summed E-state index contributed by atoms with van der Waals surface area (Å²) in [7, 11) is 0. The molecule has 0 saturated heterocycles. The van der Waals surface area contributed by atoms with Crippen LogP contribution in [0.25, 0.3) is 11.1 Å². The van der Waals surface area contributed by atoms with Gasteiger partial charge in [0.15, 0.2) is 0 Å². The molecule has 0 unspecified atom stereocenters. The summed E-state index contributed by atoms with van der Waals surface area (Å²) < 4.78 is 18.5. The van der Waals surface area contributed by atoms with Crippen LogP contribution in [-0.2, 0) is 51.8 Å². The zero-order valence-electron chi connectivity index (χ0n) is 31.3. The van der Waals surface area contributed by atoms with Crippen molar-refractivity contribution in [3.63, 3.8) is 0 Å². The molecule has 0 aliphatic carbocycles. The number of fused-ring (bicyclic) bond motifs is 5. The van der Waals surface area contributed by atoms with E-state index >= 15 is 0 Å². The van der Waals surface area contributed by atoms with Gasteiger partial charge in [0.25, 0.3) is 0 Å². The molecule has 4 bridgehead atoms. The zero-order chi connectivity index (χ0) is 38.6. The molecule has 2 amide bonds. The SMILES string of the molecule is CC[C@H](O)C[C@@H]1NC(=O)[C@@H](C)Cc2cc(ccc2OCc2ccccc2)-c2ccc(OCc3ccccc3)c(c2)C[C@@H](C(=O)OCc2ccccc2)NC1=O. The maximum atomic E-state index is 14.1. The van der Waals surface area contributed by atoms with E-state index in [9.17, 15) is 19.5 Å². The number of hydrogen-bond donors (Lipinski definition) is 3. The molecule has 0 saturated carbocycles. The molecule has 6 rings (SSSR count). The van der Waals surface area contributed by atoms with Gasteiger partial charge >= 0.3 is 5.97 Å². The molecule has 5 aromatic rings. The predicted octanol–water partition coefficient (Wildman–Crippen LogP) is 7.12.